The largest absolute Gasteiger partial charge is 0.395 e. The van der Waals surface area contributed by atoms with E-state index in [1.54, 1.807) is 0 Å². The number of carbonyl (C=O) groups is 2. The Bertz CT molecular complexity index is 306. The van der Waals surface area contributed by atoms with Crippen LogP contribution in [0.4, 0.5) is 0 Å². The fourth-order valence-electron chi connectivity index (χ4n) is 1.35. The van der Waals surface area contributed by atoms with Gasteiger partial charge >= 0.3 is 12.4 Å². The van der Waals surface area contributed by atoms with Crippen molar-refractivity contribution in [3.05, 3.63) is 35.9 Å². The highest BCUT2D eigenvalue weighted by Crippen LogP contribution is 2.20. The van der Waals surface area contributed by atoms with E-state index in [1.807, 2.05) is 37.3 Å². The first kappa shape index (κ1) is 10.4. The van der Waals surface area contributed by atoms with Gasteiger partial charge in [0.25, 0.3) is 0 Å². The summed E-state index contributed by atoms with van der Waals surface area (Å²) in [5.74, 6) is -0.838. The highest BCUT2D eigenvalue weighted by atomic mass is 16.6. The summed E-state index contributed by atoms with van der Waals surface area (Å²) >= 11 is 0. The molecule has 1 atom stereocenters. The molecule has 0 saturated carbocycles. The number of rotatable bonds is 4. The van der Waals surface area contributed by atoms with E-state index in [1.165, 1.54) is 0 Å². The third-order valence-electron chi connectivity index (χ3n) is 2.06. The van der Waals surface area contributed by atoms with Crippen molar-refractivity contribution in [2.45, 2.75) is 19.3 Å². The molecule has 1 unspecified atom stereocenters. The van der Waals surface area contributed by atoms with Gasteiger partial charge in [-0.2, -0.15) is 0 Å². The van der Waals surface area contributed by atoms with Crippen molar-refractivity contribution in [2.75, 3.05) is 0 Å². The van der Waals surface area contributed by atoms with Gasteiger partial charge < -0.3 is 4.74 Å². The average molecular weight is 192 g/mol. The van der Waals surface area contributed by atoms with Crippen molar-refractivity contribution in [1.82, 2.24) is 0 Å². The van der Waals surface area contributed by atoms with Crippen molar-refractivity contribution < 1.29 is 14.3 Å². The minimum atomic E-state index is -0.492. The molecule has 0 saturated heterocycles. The van der Waals surface area contributed by atoms with E-state index in [9.17, 15) is 9.59 Å². The molecular formula is C11H12O3. The highest BCUT2D eigenvalue weighted by molar-refractivity contribution is 5.83. The van der Waals surface area contributed by atoms with E-state index in [4.69, 9.17) is 0 Å². The first-order chi connectivity index (χ1) is 6.79. The van der Waals surface area contributed by atoms with Crippen LogP contribution in [-0.2, 0) is 14.3 Å². The number of hydrogen-bond acceptors (Lipinski definition) is 3. The summed E-state index contributed by atoms with van der Waals surface area (Å²) in [6, 6.07) is 9.28. The summed E-state index contributed by atoms with van der Waals surface area (Å²) in [6.07, 6.45) is 0.622. The lowest BCUT2D eigenvalue weighted by Gasteiger charge is -2.11. The summed E-state index contributed by atoms with van der Waals surface area (Å²) in [6.45, 7) is 2.05. The Labute approximate surface area is 82.7 Å². The van der Waals surface area contributed by atoms with E-state index in [0.717, 1.165) is 5.56 Å². The summed E-state index contributed by atoms with van der Waals surface area (Å²) in [7, 11) is 0. The molecule has 0 N–H and O–H groups in total. The van der Waals surface area contributed by atoms with Crippen LogP contribution in [0.3, 0.4) is 0 Å². The molecule has 0 radical (unpaired) electrons. The van der Waals surface area contributed by atoms with Crippen LogP contribution >= 0.6 is 0 Å². The van der Waals surface area contributed by atoms with Crippen molar-refractivity contribution >= 4 is 12.4 Å². The number of hydrogen-bond donors (Lipinski definition) is 0. The lowest BCUT2D eigenvalue weighted by molar-refractivity contribution is -0.152. The molecular weight excluding hydrogens is 180 g/mol. The Morgan fingerprint density at radius 1 is 1.43 bits per heavy atom. The van der Waals surface area contributed by atoms with Crippen molar-refractivity contribution in [3.8, 4) is 0 Å². The highest BCUT2D eigenvalue weighted by Gasteiger charge is 2.19. The summed E-state index contributed by atoms with van der Waals surface area (Å²) in [4.78, 5) is 21.3. The van der Waals surface area contributed by atoms with Gasteiger partial charge in [0.1, 0.15) is 0 Å². The maximum absolute atomic E-state index is 11.3. The maximum atomic E-state index is 11.3. The van der Waals surface area contributed by atoms with Crippen LogP contribution in [0.25, 0.3) is 0 Å². The summed E-state index contributed by atoms with van der Waals surface area (Å²) in [5.41, 5.74) is 0.877. The van der Waals surface area contributed by atoms with Crippen LogP contribution in [0.5, 0.6) is 0 Å². The molecule has 14 heavy (non-hydrogen) atoms. The van der Waals surface area contributed by atoms with Crippen LogP contribution < -0.4 is 0 Å². The van der Waals surface area contributed by atoms with E-state index in [0.29, 0.717) is 6.42 Å². The Morgan fingerprint density at radius 2 is 2.07 bits per heavy atom. The smallest absolute Gasteiger partial charge is 0.320 e. The summed E-state index contributed by atoms with van der Waals surface area (Å²) < 4.78 is 4.33. The Hall–Kier alpha value is -1.64. The van der Waals surface area contributed by atoms with Gasteiger partial charge in [0.2, 0.25) is 0 Å². The van der Waals surface area contributed by atoms with Gasteiger partial charge in [0, 0.05) is 0 Å². The molecule has 0 bridgehead atoms. The van der Waals surface area contributed by atoms with E-state index in [-0.39, 0.29) is 12.4 Å². The van der Waals surface area contributed by atoms with Crippen LogP contribution in [-0.4, -0.2) is 12.4 Å². The number of carbonyl (C=O) groups excluding carboxylic acids is 2. The van der Waals surface area contributed by atoms with Crippen molar-refractivity contribution in [1.29, 1.82) is 0 Å². The normalized spacial score (nSPS) is 11.8. The minimum absolute atomic E-state index is 0.175. The monoisotopic (exact) mass is 192 g/mol. The molecule has 1 aromatic carbocycles. The van der Waals surface area contributed by atoms with Crippen LogP contribution in [0.15, 0.2) is 30.3 Å². The van der Waals surface area contributed by atoms with Gasteiger partial charge in [-0.25, -0.2) is 0 Å². The first-order valence-corrected chi connectivity index (χ1v) is 4.48. The molecule has 1 aromatic rings. The molecule has 0 aromatic heterocycles. The number of benzene rings is 1. The van der Waals surface area contributed by atoms with Gasteiger partial charge in [-0.1, -0.05) is 37.3 Å². The van der Waals surface area contributed by atoms with Gasteiger partial charge in [0.15, 0.2) is 0 Å². The molecule has 74 valence electrons. The van der Waals surface area contributed by atoms with E-state index >= 15 is 0 Å². The predicted octanol–water partition coefficient (Wildman–Crippen LogP) is 1.88. The van der Waals surface area contributed by atoms with Crippen LogP contribution in [0.1, 0.15) is 24.8 Å². The molecule has 0 spiro atoms. The molecule has 0 aliphatic carbocycles. The third-order valence-corrected chi connectivity index (χ3v) is 2.06. The standard InChI is InChI=1S/C11H12O3/c1-2-10(11(13)14-8-12)9-6-4-3-5-7-9/h3-8,10H,2H2,1H3. The van der Waals surface area contributed by atoms with E-state index in [2.05, 4.69) is 4.74 Å². The average Bonchev–Trinajstić information content (AvgIpc) is 2.21. The second-order valence-corrected chi connectivity index (χ2v) is 2.90. The molecule has 3 heteroatoms. The third kappa shape index (κ3) is 2.42. The maximum Gasteiger partial charge on any atom is 0.320 e. The van der Waals surface area contributed by atoms with E-state index < -0.39 is 5.97 Å². The lowest BCUT2D eigenvalue weighted by atomic mass is 9.97. The summed E-state index contributed by atoms with van der Waals surface area (Å²) in [5, 5.41) is 0. The zero-order valence-corrected chi connectivity index (χ0v) is 7.97. The molecule has 1 rings (SSSR count). The Balaban J connectivity index is 2.82. The van der Waals surface area contributed by atoms with Gasteiger partial charge in [0.05, 0.1) is 5.92 Å². The Morgan fingerprint density at radius 3 is 2.57 bits per heavy atom. The first-order valence-electron chi connectivity index (χ1n) is 4.48. The minimum Gasteiger partial charge on any atom is -0.395 e. The molecule has 3 nitrogen and oxygen atoms in total. The molecule has 0 fully saturated rings. The van der Waals surface area contributed by atoms with Gasteiger partial charge in [-0.05, 0) is 12.0 Å². The molecule has 0 aliphatic rings. The number of ether oxygens (including phenoxy) is 1. The lowest BCUT2D eigenvalue weighted by Crippen LogP contribution is -2.14. The number of esters is 1. The van der Waals surface area contributed by atoms with Gasteiger partial charge in [-0.3, -0.25) is 9.59 Å². The van der Waals surface area contributed by atoms with Crippen LogP contribution in [0.2, 0.25) is 0 Å². The zero-order chi connectivity index (χ0) is 10.4. The zero-order valence-electron chi connectivity index (χ0n) is 7.97. The fraction of sp³-hybridized carbons (Fsp3) is 0.273. The fourth-order valence-corrected chi connectivity index (χ4v) is 1.35. The quantitative estimate of drug-likeness (QED) is 0.415. The van der Waals surface area contributed by atoms with Crippen LogP contribution in [0, 0.1) is 0 Å². The SMILES string of the molecule is CCC(C(=O)OC=O)c1ccccc1. The molecule has 0 heterocycles. The molecule has 0 aliphatic heterocycles. The van der Waals surface area contributed by atoms with Crippen molar-refractivity contribution in [3.63, 3.8) is 0 Å². The van der Waals surface area contributed by atoms with Crippen molar-refractivity contribution in [2.24, 2.45) is 0 Å². The van der Waals surface area contributed by atoms with Gasteiger partial charge in [-0.15, -0.1) is 0 Å². The topological polar surface area (TPSA) is 43.4 Å². The molecule has 0 amide bonds. The second kappa shape index (κ2) is 5.17. The second-order valence-electron chi connectivity index (χ2n) is 2.90. The predicted molar refractivity (Wildman–Crippen MR) is 51.6 cm³/mol. The Kier molecular flexibility index (Phi) is 3.85.